The first-order chi connectivity index (χ1) is 12.8. The molecule has 1 aliphatic rings. The van der Waals surface area contributed by atoms with Gasteiger partial charge in [-0.2, -0.15) is 0 Å². The molecule has 1 aliphatic heterocycles. The van der Waals surface area contributed by atoms with E-state index in [0.717, 1.165) is 25.1 Å². The Kier molecular flexibility index (Phi) is 4.65. The number of piperidine rings is 1. The van der Waals surface area contributed by atoms with Gasteiger partial charge in [0, 0.05) is 18.7 Å². The SMILES string of the molecule is COc1ncc(C2(Cc3ccccc3)CCCCN2c2ccccc2)[nH]1. The van der Waals surface area contributed by atoms with E-state index in [0.29, 0.717) is 6.01 Å². The molecule has 3 aromatic rings. The summed E-state index contributed by atoms with van der Waals surface area (Å²) in [4.78, 5) is 10.4. The quantitative estimate of drug-likeness (QED) is 0.736. The molecule has 4 rings (SSSR count). The maximum Gasteiger partial charge on any atom is 0.293 e. The molecule has 0 radical (unpaired) electrons. The lowest BCUT2D eigenvalue weighted by Crippen LogP contribution is -2.51. The van der Waals surface area contributed by atoms with Crippen LogP contribution < -0.4 is 9.64 Å². The van der Waals surface area contributed by atoms with Crippen LogP contribution in [0.15, 0.2) is 66.9 Å². The number of aromatic amines is 1. The van der Waals surface area contributed by atoms with Gasteiger partial charge in [-0.25, -0.2) is 4.98 Å². The van der Waals surface area contributed by atoms with E-state index in [4.69, 9.17) is 4.74 Å². The number of hydrogen-bond acceptors (Lipinski definition) is 3. The van der Waals surface area contributed by atoms with Gasteiger partial charge >= 0.3 is 0 Å². The maximum atomic E-state index is 5.34. The Labute approximate surface area is 154 Å². The fraction of sp³-hybridized carbons (Fsp3) is 0.318. The van der Waals surface area contributed by atoms with E-state index in [1.807, 2.05) is 6.20 Å². The van der Waals surface area contributed by atoms with Crippen LogP contribution in [0.5, 0.6) is 6.01 Å². The summed E-state index contributed by atoms with van der Waals surface area (Å²) in [7, 11) is 1.66. The summed E-state index contributed by atoms with van der Waals surface area (Å²) in [5, 5.41) is 0. The largest absolute Gasteiger partial charge is 0.468 e. The van der Waals surface area contributed by atoms with Crippen molar-refractivity contribution in [2.45, 2.75) is 31.2 Å². The fourth-order valence-corrected chi connectivity index (χ4v) is 4.16. The van der Waals surface area contributed by atoms with Crippen molar-refractivity contribution in [2.24, 2.45) is 0 Å². The Hall–Kier alpha value is -2.75. The number of anilines is 1. The molecule has 134 valence electrons. The zero-order valence-electron chi connectivity index (χ0n) is 15.2. The van der Waals surface area contributed by atoms with Crippen molar-refractivity contribution in [1.82, 2.24) is 9.97 Å². The molecule has 1 aromatic heterocycles. The smallest absolute Gasteiger partial charge is 0.293 e. The van der Waals surface area contributed by atoms with Gasteiger partial charge in [-0.15, -0.1) is 0 Å². The van der Waals surface area contributed by atoms with Crippen molar-refractivity contribution >= 4 is 5.69 Å². The number of H-pyrrole nitrogens is 1. The van der Waals surface area contributed by atoms with Gasteiger partial charge in [-0.3, -0.25) is 0 Å². The van der Waals surface area contributed by atoms with Crippen molar-refractivity contribution < 1.29 is 4.74 Å². The van der Waals surface area contributed by atoms with Gasteiger partial charge in [0.2, 0.25) is 0 Å². The normalized spacial score (nSPS) is 20.1. The Morgan fingerprint density at radius 3 is 2.46 bits per heavy atom. The molecule has 2 heterocycles. The number of nitrogens with zero attached hydrogens (tertiary/aromatic N) is 2. The minimum atomic E-state index is -0.148. The molecule has 1 atom stereocenters. The van der Waals surface area contributed by atoms with Crippen LogP contribution in [0.1, 0.15) is 30.5 Å². The average Bonchev–Trinajstić information content (AvgIpc) is 3.20. The van der Waals surface area contributed by atoms with Crippen LogP contribution in [-0.4, -0.2) is 23.6 Å². The fourth-order valence-electron chi connectivity index (χ4n) is 4.16. The number of rotatable bonds is 5. The monoisotopic (exact) mass is 347 g/mol. The van der Waals surface area contributed by atoms with Crippen LogP contribution in [0.25, 0.3) is 0 Å². The van der Waals surface area contributed by atoms with Gasteiger partial charge in [0.15, 0.2) is 0 Å². The lowest BCUT2D eigenvalue weighted by atomic mass is 9.78. The summed E-state index contributed by atoms with van der Waals surface area (Å²) >= 11 is 0. The number of para-hydroxylation sites is 1. The first kappa shape index (κ1) is 16.7. The standard InChI is InChI=1S/C22H25N3O/c1-26-21-23-17-20(24-21)22(16-18-10-4-2-5-11-18)14-8-9-15-25(22)19-12-6-3-7-13-19/h2-7,10-13,17H,8-9,14-16H2,1H3,(H,23,24). The third-order valence-corrected chi connectivity index (χ3v) is 5.39. The van der Waals surface area contributed by atoms with E-state index in [9.17, 15) is 0 Å². The molecule has 0 amide bonds. The van der Waals surface area contributed by atoms with Crippen molar-refractivity contribution in [3.05, 3.63) is 78.1 Å². The molecule has 26 heavy (non-hydrogen) atoms. The molecule has 1 fully saturated rings. The van der Waals surface area contributed by atoms with Crippen LogP contribution >= 0.6 is 0 Å². The topological polar surface area (TPSA) is 41.1 Å². The second-order valence-corrected chi connectivity index (χ2v) is 6.94. The summed E-state index contributed by atoms with van der Waals surface area (Å²) < 4.78 is 5.34. The first-order valence-corrected chi connectivity index (χ1v) is 9.28. The van der Waals surface area contributed by atoms with Crippen LogP contribution in [0.4, 0.5) is 5.69 Å². The van der Waals surface area contributed by atoms with E-state index >= 15 is 0 Å². The highest BCUT2D eigenvalue weighted by atomic mass is 16.5. The van der Waals surface area contributed by atoms with E-state index in [1.165, 1.54) is 24.1 Å². The van der Waals surface area contributed by atoms with Gasteiger partial charge in [0.1, 0.15) is 0 Å². The van der Waals surface area contributed by atoms with Gasteiger partial charge in [-0.05, 0) is 37.0 Å². The molecule has 0 bridgehead atoms. The molecular weight excluding hydrogens is 322 g/mol. The maximum absolute atomic E-state index is 5.34. The lowest BCUT2D eigenvalue weighted by molar-refractivity contribution is 0.301. The van der Waals surface area contributed by atoms with Gasteiger partial charge in [0.05, 0.1) is 24.5 Å². The zero-order chi connectivity index (χ0) is 17.8. The number of hydrogen-bond donors (Lipinski definition) is 1. The Bertz CT molecular complexity index is 831. The number of nitrogens with one attached hydrogen (secondary N) is 1. The van der Waals surface area contributed by atoms with Gasteiger partial charge < -0.3 is 14.6 Å². The van der Waals surface area contributed by atoms with Crippen molar-refractivity contribution in [1.29, 1.82) is 0 Å². The Balaban J connectivity index is 1.82. The number of aromatic nitrogens is 2. The molecule has 0 spiro atoms. The third kappa shape index (κ3) is 3.07. The number of benzene rings is 2. The second-order valence-electron chi connectivity index (χ2n) is 6.94. The van der Waals surface area contributed by atoms with Gasteiger partial charge in [-0.1, -0.05) is 48.5 Å². The van der Waals surface area contributed by atoms with Crippen LogP contribution in [0.3, 0.4) is 0 Å². The highest BCUT2D eigenvalue weighted by molar-refractivity contribution is 5.52. The second kappa shape index (κ2) is 7.24. The van der Waals surface area contributed by atoms with Crippen LogP contribution in [0.2, 0.25) is 0 Å². The summed E-state index contributed by atoms with van der Waals surface area (Å²) in [6, 6.07) is 22.0. The van der Waals surface area contributed by atoms with Crippen LogP contribution in [-0.2, 0) is 12.0 Å². The minimum Gasteiger partial charge on any atom is -0.468 e. The molecule has 0 saturated carbocycles. The predicted octanol–water partition coefficient (Wildman–Crippen LogP) is 4.55. The lowest BCUT2D eigenvalue weighted by Gasteiger charge is -2.48. The molecule has 1 N–H and O–H groups in total. The first-order valence-electron chi connectivity index (χ1n) is 9.28. The van der Waals surface area contributed by atoms with E-state index in [-0.39, 0.29) is 5.54 Å². The number of methoxy groups -OCH3 is 1. The summed E-state index contributed by atoms with van der Waals surface area (Å²) in [6.07, 6.45) is 6.38. The van der Waals surface area contributed by atoms with Crippen molar-refractivity contribution in [3.63, 3.8) is 0 Å². The summed E-state index contributed by atoms with van der Waals surface area (Å²) in [6.45, 7) is 1.04. The summed E-state index contributed by atoms with van der Waals surface area (Å²) in [5.74, 6) is 0. The molecular formula is C22H25N3O. The van der Waals surface area contributed by atoms with Crippen molar-refractivity contribution in [3.8, 4) is 6.01 Å². The molecule has 1 saturated heterocycles. The number of imidazole rings is 1. The highest BCUT2D eigenvalue weighted by Gasteiger charge is 2.42. The Morgan fingerprint density at radius 2 is 1.77 bits per heavy atom. The van der Waals surface area contributed by atoms with Crippen LogP contribution in [0, 0.1) is 0 Å². The van der Waals surface area contributed by atoms with E-state index in [2.05, 4.69) is 75.5 Å². The highest BCUT2D eigenvalue weighted by Crippen LogP contribution is 2.43. The molecule has 2 aromatic carbocycles. The van der Waals surface area contributed by atoms with E-state index in [1.54, 1.807) is 7.11 Å². The molecule has 1 unspecified atom stereocenters. The Morgan fingerprint density at radius 1 is 1.04 bits per heavy atom. The van der Waals surface area contributed by atoms with Gasteiger partial charge in [0.25, 0.3) is 6.01 Å². The summed E-state index contributed by atoms with van der Waals surface area (Å²) in [5.41, 5.74) is 3.58. The third-order valence-electron chi connectivity index (χ3n) is 5.39. The van der Waals surface area contributed by atoms with Crippen molar-refractivity contribution in [2.75, 3.05) is 18.6 Å². The zero-order valence-corrected chi connectivity index (χ0v) is 15.2. The molecule has 4 nitrogen and oxygen atoms in total. The average molecular weight is 347 g/mol. The minimum absolute atomic E-state index is 0.148. The van der Waals surface area contributed by atoms with E-state index < -0.39 is 0 Å². The predicted molar refractivity (Wildman–Crippen MR) is 105 cm³/mol. The molecule has 4 heteroatoms. The number of ether oxygens (including phenoxy) is 1. The molecule has 0 aliphatic carbocycles.